The fourth-order valence-corrected chi connectivity index (χ4v) is 3.16. The Kier molecular flexibility index (Phi) is 4.23. The van der Waals surface area contributed by atoms with Gasteiger partial charge < -0.3 is 0 Å². The Hall–Kier alpha value is -0.810. The SMILES string of the molecule is N#CC1(Cc2ccccc2Br)CCCCCC1. The Morgan fingerprint density at radius 1 is 1.12 bits per heavy atom. The molecular formula is C15H18BrN. The van der Waals surface area contributed by atoms with Crippen LogP contribution in [0.5, 0.6) is 0 Å². The lowest BCUT2D eigenvalue weighted by molar-refractivity contribution is 0.338. The Labute approximate surface area is 112 Å². The van der Waals surface area contributed by atoms with Crippen molar-refractivity contribution in [2.75, 3.05) is 0 Å². The molecule has 1 aromatic carbocycles. The zero-order valence-corrected chi connectivity index (χ0v) is 11.7. The van der Waals surface area contributed by atoms with Gasteiger partial charge in [-0.1, -0.05) is 59.8 Å². The molecule has 90 valence electrons. The third-order valence-corrected chi connectivity index (χ3v) is 4.56. The topological polar surface area (TPSA) is 23.8 Å². The Balaban J connectivity index is 2.19. The Morgan fingerprint density at radius 2 is 1.76 bits per heavy atom. The van der Waals surface area contributed by atoms with Crippen molar-refractivity contribution in [1.82, 2.24) is 0 Å². The summed E-state index contributed by atoms with van der Waals surface area (Å²) < 4.78 is 1.14. The summed E-state index contributed by atoms with van der Waals surface area (Å²) in [6.07, 6.45) is 8.01. The molecule has 0 unspecified atom stereocenters. The molecule has 1 aliphatic carbocycles. The first kappa shape index (κ1) is 12.6. The summed E-state index contributed by atoms with van der Waals surface area (Å²) in [5, 5.41) is 9.55. The van der Waals surface area contributed by atoms with Gasteiger partial charge in [-0.2, -0.15) is 5.26 Å². The Morgan fingerprint density at radius 3 is 2.35 bits per heavy atom. The molecule has 2 rings (SSSR count). The van der Waals surface area contributed by atoms with Crippen LogP contribution in [-0.4, -0.2) is 0 Å². The van der Waals surface area contributed by atoms with Crippen molar-refractivity contribution in [3.63, 3.8) is 0 Å². The van der Waals surface area contributed by atoms with Crippen molar-refractivity contribution in [2.45, 2.75) is 44.9 Å². The van der Waals surface area contributed by atoms with Crippen molar-refractivity contribution in [2.24, 2.45) is 5.41 Å². The zero-order valence-electron chi connectivity index (χ0n) is 10.1. The maximum absolute atomic E-state index is 9.55. The van der Waals surface area contributed by atoms with E-state index in [-0.39, 0.29) is 5.41 Å². The number of benzene rings is 1. The first-order valence-electron chi connectivity index (χ1n) is 6.40. The molecule has 1 fully saturated rings. The van der Waals surface area contributed by atoms with Gasteiger partial charge in [0.25, 0.3) is 0 Å². The van der Waals surface area contributed by atoms with E-state index in [1.807, 2.05) is 6.07 Å². The highest BCUT2D eigenvalue weighted by molar-refractivity contribution is 9.10. The van der Waals surface area contributed by atoms with Crippen LogP contribution in [0.2, 0.25) is 0 Å². The Bertz CT molecular complexity index is 411. The lowest BCUT2D eigenvalue weighted by Gasteiger charge is -2.25. The van der Waals surface area contributed by atoms with E-state index in [9.17, 15) is 5.26 Å². The zero-order chi connectivity index (χ0) is 12.1. The molecule has 0 bridgehead atoms. The monoisotopic (exact) mass is 291 g/mol. The molecule has 2 heteroatoms. The molecule has 1 nitrogen and oxygen atoms in total. The lowest BCUT2D eigenvalue weighted by Crippen LogP contribution is -2.21. The van der Waals surface area contributed by atoms with Crippen LogP contribution in [0.15, 0.2) is 28.7 Å². The van der Waals surface area contributed by atoms with Crippen LogP contribution in [0.3, 0.4) is 0 Å². The van der Waals surface area contributed by atoms with Gasteiger partial charge in [0.05, 0.1) is 11.5 Å². The molecular weight excluding hydrogens is 274 g/mol. The predicted octanol–water partition coefficient (Wildman–Crippen LogP) is 4.86. The number of rotatable bonds is 2. The van der Waals surface area contributed by atoms with Gasteiger partial charge in [0.1, 0.15) is 0 Å². The fourth-order valence-electron chi connectivity index (χ4n) is 2.74. The summed E-state index contributed by atoms with van der Waals surface area (Å²) in [6, 6.07) is 10.9. The number of nitrogens with zero attached hydrogens (tertiary/aromatic N) is 1. The minimum Gasteiger partial charge on any atom is -0.198 e. The van der Waals surface area contributed by atoms with Gasteiger partial charge in [0.2, 0.25) is 0 Å². The van der Waals surface area contributed by atoms with Crippen molar-refractivity contribution in [1.29, 1.82) is 5.26 Å². The van der Waals surface area contributed by atoms with Gasteiger partial charge >= 0.3 is 0 Å². The van der Waals surface area contributed by atoms with Gasteiger partial charge in [-0.05, 0) is 30.9 Å². The van der Waals surface area contributed by atoms with Gasteiger partial charge in [-0.15, -0.1) is 0 Å². The van der Waals surface area contributed by atoms with E-state index in [1.54, 1.807) is 0 Å². The highest BCUT2D eigenvalue weighted by atomic mass is 79.9. The van der Waals surface area contributed by atoms with Crippen LogP contribution in [0.1, 0.15) is 44.1 Å². The van der Waals surface area contributed by atoms with E-state index in [0.717, 1.165) is 23.7 Å². The molecule has 0 atom stereocenters. The normalized spacial score (nSPS) is 19.3. The third-order valence-electron chi connectivity index (χ3n) is 3.78. The summed E-state index contributed by atoms with van der Waals surface area (Å²) in [5.41, 5.74) is 1.15. The molecule has 1 aliphatic rings. The van der Waals surface area contributed by atoms with Crippen LogP contribution in [0, 0.1) is 16.7 Å². The first-order chi connectivity index (χ1) is 8.26. The first-order valence-corrected chi connectivity index (χ1v) is 7.20. The van der Waals surface area contributed by atoms with E-state index in [2.05, 4.69) is 40.2 Å². The minimum atomic E-state index is -0.125. The van der Waals surface area contributed by atoms with Gasteiger partial charge in [-0.3, -0.25) is 0 Å². The van der Waals surface area contributed by atoms with E-state index < -0.39 is 0 Å². The lowest BCUT2D eigenvalue weighted by atomic mass is 9.77. The smallest absolute Gasteiger partial charge is 0.0693 e. The fraction of sp³-hybridized carbons (Fsp3) is 0.533. The van der Waals surface area contributed by atoms with Crippen molar-refractivity contribution in [3.05, 3.63) is 34.3 Å². The highest BCUT2D eigenvalue weighted by Crippen LogP contribution is 2.38. The molecule has 0 aliphatic heterocycles. The highest BCUT2D eigenvalue weighted by Gasteiger charge is 2.31. The number of nitriles is 1. The van der Waals surface area contributed by atoms with Gasteiger partial charge in [0, 0.05) is 4.47 Å². The average molecular weight is 292 g/mol. The van der Waals surface area contributed by atoms with Crippen molar-refractivity contribution in [3.8, 4) is 6.07 Å². The van der Waals surface area contributed by atoms with Crippen LogP contribution >= 0.6 is 15.9 Å². The third kappa shape index (κ3) is 3.10. The molecule has 0 heterocycles. The maximum atomic E-state index is 9.55. The second-order valence-electron chi connectivity index (χ2n) is 5.07. The quantitative estimate of drug-likeness (QED) is 0.714. The second kappa shape index (κ2) is 5.69. The van der Waals surface area contributed by atoms with E-state index in [1.165, 1.54) is 31.2 Å². The maximum Gasteiger partial charge on any atom is 0.0693 e. The standard InChI is InChI=1S/C15H18BrN/c16-14-8-4-3-7-13(14)11-15(12-17)9-5-1-2-6-10-15/h3-4,7-8H,1-2,5-6,9-11H2. The summed E-state index contributed by atoms with van der Waals surface area (Å²) in [4.78, 5) is 0. The van der Waals surface area contributed by atoms with Crippen LogP contribution in [-0.2, 0) is 6.42 Å². The summed E-state index contributed by atoms with van der Waals surface area (Å²) in [6.45, 7) is 0. The molecule has 0 radical (unpaired) electrons. The molecule has 17 heavy (non-hydrogen) atoms. The molecule has 1 aromatic rings. The van der Waals surface area contributed by atoms with E-state index in [0.29, 0.717) is 0 Å². The van der Waals surface area contributed by atoms with Crippen LogP contribution < -0.4 is 0 Å². The van der Waals surface area contributed by atoms with Crippen LogP contribution in [0.4, 0.5) is 0 Å². The van der Waals surface area contributed by atoms with E-state index >= 15 is 0 Å². The molecule has 0 N–H and O–H groups in total. The van der Waals surface area contributed by atoms with Crippen molar-refractivity contribution < 1.29 is 0 Å². The van der Waals surface area contributed by atoms with Crippen molar-refractivity contribution >= 4 is 15.9 Å². The number of hydrogen-bond donors (Lipinski definition) is 0. The molecule has 0 amide bonds. The summed E-state index contributed by atoms with van der Waals surface area (Å²) in [5.74, 6) is 0. The minimum absolute atomic E-state index is 0.125. The predicted molar refractivity (Wildman–Crippen MR) is 73.6 cm³/mol. The van der Waals surface area contributed by atoms with Gasteiger partial charge in [-0.25, -0.2) is 0 Å². The molecule has 0 aromatic heterocycles. The average Bonchev–Trinajstić information content (AvgIpc) is 2.58. The second-order valence-corrected chi connectivity index (χ2v) is 5.93. The summed E-state index contributed by atoms with van der Waals surface area (Å²) in [7, 11) is 0. The number of halogens is 1. The number of hydrogen-bond acceptors (Lipinski definition) is 1. The molecule has 0 spiro atoms. The molecule has 0 saturated heterocycles. The molecule has 1 saturated carbocycles. The summed E-state index contributed by atoms with van der Waals surface area (Å²) >= 11 is 3.59. The largest absolute Gasteiger partial charge is 0.198 e. The van der Waals surface area contributed by atoms with Crippen LogP contribution in [0.25, 0.3) is 0 Å². The van der Waals surface area contributed by atoms with Gasteiger partial charge in [0.15, 0.2) is 0 Å². The van der Waals surface area contributed by atoms with E-state index in [4.69, 9.17) is 0 Å².